The summed E-state index contributed by atoms with van der Waals surface area (Å²) in [5.41, 5.74) is 4.18. The standard InChI is InChI=1S/C33H30N2OP/c1-4-33(5-2)24(3)29-17-16-28(22-30(29)32-31-23-34-20-18-25(31)19-21-35(32)33)37(36,26-12-8-6-9-13-26)27-14-10-7-11-15-27/h6-23H,3-5H2,1-2H3/q+1. The van der Waals surface area contributed by atoms with Crippen LogP contribution in [-0.4, -0.2) is 4.98 Å². The summed E-state index contributed by atoms with van der Waals surface area (Å²) < 4.78 is 17.5. The number of rotatable bonds is 5. The van der Waals surface area contributed by atoms with E-state index >= 15 is 4.57 Å². The highest BCUT2D eigenvalue weighted by Gasteiger charge is 2.47. The Balaban J connectivity index is 1.70. The van der Waals surface area contributed by atoms with Gasteiger partial charge in [0.2, 0.25) is 5.69 Å². The molecule has 3 aromatic carbocycles. The smallest absolute Gasteiger partial charge is 0.223 e. The van der Waals surface area contributed by atoms with Gasteiger partial charge in [0.1, 0.15) is 0 Å². The summed E-state index contributed by atoms with van der Waals surface area (Å²) in [7, 11) is -3.12. The van der Waals surface area contributed by atoms with Crippen LogP contribution in [0.4, 0.5) is 0 Å². The van der Waals surface area contributed by atoms with Crippen molar-refractivity contribution >= 4 is 39.4 Å². The quantitative estimate of drug-likeness (QED) is 0.207. The molecule has 0 saturated carbocycles. The topological polar surface area (TPSA) is 33.8 Å². The molecule has 4 heteroatoms. The molecule has 6 rings (SSSR count). The van der Waals surface area contributed by atoms with Gasteiger partial charge in [-0.15, -0.1) is 0 Å². The third-order valence-corrected chi connectivity index (χ3v) is 11.2. The van der Waals surface area contributed by atoms with Crippen molar-refractivity contribution in [3.63, 3.8) is 0 Å². The van der Waals surface area contributed by atoms with E-state index in [1.807, 2.05) is 73.1 Å². The first kappa shape index (κ1) is 23.6. The van der Waals surface area contributed by atoms with E-state index in [2.05, 4.69) is 66.5 Å². The molecule has 0 aliphatic carbocycles. The van der Waals surface area contributed by atoms with Crippen molar-refractivity contribution in [3.8, 4) is 11.3 Å². The zero-order chi connectivity index (χ0) is 25.6. The zero-order valence-electron chi connectivity index (χ0n) is 21.3. The summed E-state index contributed by atoms with van der Waals surface area (Å²) in [6.07, 6.45) is 7.85. The highest BCUT2D eigenvalue weighted by molar-refractivity contribution is 7.85. The first-order valence-corrected chi connectivity index (χ1v) is 14.6. The minimum atomic E-state index is -3.12. The molecular formula is C33H30N2OP+. The van der Waals surface area contributed by atoms with Crippen molar-refractivity contribution in [2.45, 2.75) is 32.2 Å². The number of allylic oxidation sites excluding steroid dienone is 1. The van der Waals surface area contributed by atoms with Crippen molar-refractivity contribution < 1.29 is 9.13 Å². The molecule has 1 aliphatic heterocycles. The van der Waals surface area contributed by atoms with Crippen molar-refractivity contribution in [1.82, 2.24) is 4.98 Å². The molecule has 0 bridgehead atoms. The van der Waals surface area contributed by atoms with E-state index in [4.69, 9.17) is 0 Å². The fourth-order valence-electron chi connectivity index (χ4n) is 6.06. The summed E-state index contributed by atoms with van der Waals surface area (Å²) in [5, 5.41) is 4.72. The molecule has 0 atom stereocenters. The SMILES string of the molecule is C=C1c2ccc(P(=O)(c3ccccc3)c3ccccc3)cc2-c2c3cnccc3cc[n+]2C1(CC)CC. The van der Waals surface area contributed by atoms with Crippen molar-refractivity contribution in [3.05, 3.63) is 122 Å². The first-order valence-electron chi connectivity index (χ1n) is 12.9. The summed E-state index contributed by atoms with van der Waals surface area (Å²) in [5.74, 6) is 0. The largest absolute Gasteiger partial charge is 0.309 e. The van der Waals surface area contributed by atoms with Gasteiger partial charge >= 0.3 is 0 Å². The van der Waals surface area contributed by atoms with Crippen LogP contribution in [-0.2, 0) is 10.1 Å². The van der Waals surface area contributed by atoms with Gasteiger partial charge in [0, 0.05) is 52.8 Å². The van der Waals surface area contributed by atoms with Crippen LogP contribution in [0.15, 0.2) is 116 Å². The van der Waals surface area contributed by atoms with E-state index in [0.29, 0.717) is 0 Å². The molecule has 0 unspecified atom stereocenters. The Hall–Kier alpha value is -3.81. The number of benzene rings is 3. The van der Waals surface area contributed by atoms with Gasteiger partial charge in [-0.05, 0) is 23.1 Å². The van der Waals surface area contributed by atoms with E-state index in [1.54, 1.807) is 0 Å². The molecule has 182 valence electrons. The van der Waals surface area contributed by atoms with Gasteiger partial charge in [-0.25, -0.2) is 0 Å². The fourth-order valence-corrected chi connectivity index (χ4v) is 8.74. The van der Waals surface area contributed by atoms with Gasteiger partial charge in [0.15, 0.2) is 18.9 Å². The maximum absolute atomic E-state index is 15.2. The summed E-state index contributed by atoms with van der Waals surface area (Å²) >= 11 is 0. The van der Waals surface area contributed by atoms with Crippen LogP contribution in [0.1, 0.15) is 32.3 Å². The Kier molecular flexibility index (Phi) is 5.70. The number of pyridine rings is 2. The molecule has 0 amide bonds. The molecule has 0 N–H and O–H groups in total. The predicted molar refractivity (Wildman–Crippen MR) is 154 cm³/mol. The average molecular weight is 502 g/mol. The lowest BCUT2D eigenvalue weighted by molar-refractivity contribution is -0.740. The minimum Gasteiger partial charge on any atom is -0.309 e. The Bertz CT molecular complexity index is 1650. The van der Waals surface area contributed by atoms with Crippen LogP contribution < -0.4 is 20.5 Å². The molecule has 0 radical (unpaired) electrons. The predicted octanol–water partition coefficient (Wildman–Crippen LogP) is 6.37. The lowest BCUT2D eigenvalue weighted by atomic mass is 9.75. The Morgan fingerprint density at radius 1 is 0.811 bits per heavy atom. The molecule has 1 aliphatic rings. The van der Waals surface area contributed by atoms with Crippen LogP contribution in [0.25, 0.3) is 27.6 Å². The maximum atomic E-state index is 15.2. The highest BCUT2D eigenvalue weighted by atomic mass is 31.2. The Morgan fingerprint density at radius 2 is 1.46 bits per heavy atom. The lowest BCUT2D eigenvalue weighted by Gasteiger charge is -2.35. The molecule has 3 heterocycles. The molecule has 0 saturated heterocycles. The number of hydrogen-bond donors (Lipinski definition) is 0. The maximum Gasteiger partial charge on any atom is 0.223 e. The van der Waals surface area contributed by atoms with Crippen LogP contribution in [0.2, 0.25) is 0 Å². The first-order chi connectivity index (χ1) is 18.0. The molecule has 5 aromatic rings. The van der Waals surface area contributed by atoms with Gasteiger partial charge in [-0.1, -0.05) is 93.2 Å². The number of aromatic nitrogens is 2. The molecule has 0 fully saturated rings. The van der Waals surface area contributed by atoms with Crippen LogP contribution in [0, 0.1) is 0 Å². The van der Waals surface area contributed by atoms with Gasteiger partial charge in [0.25, 0.3) is 0 Å². The van der Waals surface area contributed by atoms with Gasteiger partial charge < -0.3 is 4.57 Å². The highest BCUT2D eigenvalue weighted by Crippen LogP contribution is 2.48. The van der Waals surface area contributed by atoms with Crippen LogP contribution in [0.5, 0.6) is 0 Å². The van der Waals surface area contributed by atoms with Crippen molar-refractivity contribution in [2.75, 3.05) is 0 Å². The van der Waals surface area contributed by atoms with Crippen molar-refractivity contribution in [1.29, 1.82) is 0 Å². The van der Waals surface area contributed by atoms with Crippen LogP contribution in [0.3, 0.4) is 0 Å². The van der Waals surface area contributed by atoms with E-state index < -0.39 is 7.14 Å². The third kappa shape index (κ3) is 3.38. The normalized spacial score (nSPS) is 14.3. The van der Waals surface area contributed by atoms with Crippen LogP contribution >= 0.6 is 7.14 Å². The second-order valence-corrected chi connectivity index (χ2v) is 12.5. The van der Waals surface area contributed by atoms with Crippen molar-refractivity contribution in [2.24, 2.45) is 0 Å². The number of hydrogen-bond acceptors (Lipinski definition) is 2. The Morgan fingerprint density at radius 3 is 2.08 bits per heavy atom. The molecule has 37 heavy (non-hydrogen) atoms. The fraction of sp³-hybridized carbons (Fsp3) is 0.152. The van der Waals surface area contributed by atoms with E-state index in [0.717, 1.165) is 61.9 Å². The van der Waals surface area contributed by atoms with Gasteiger partial charge in [-0.3, -0.25) is 4.98 Å². The summed E-state index contributed by atoms with van der Waals surface area (Å²) in [6.45, 7) is 9.10. The average Bonchev–Trinajstić information content (AvgIpc) is 2.97. The second kappa shape index (κ2) is 8.94. The van der Waals surface area contributed by atoms with E-state index in [-0.39, 0.29) is 5.54 Å². The van der Waals surface area contributed by atoms with E-state index in [9.17, 15) is 0 Å². The minimum absolute atomic E-state index is 0.226. The number of nitrogens with zero attached hydrogens (tertiary/aromatic N) is 2. The zero-order valence-corrected chi connectivity index (χ0v) is 22.2. The molecule has 3 nitrogen and oxygen atoms in total. The second-order valence-electron chi connectivity index (χ2n) is 9.72. The van der Waals surface area contributed by atoms with E-state index in [1.165, 1.54) is 0 Å². The van der Waals surface area contributed by atoms with Gasteiger partial charge in [-0.2, -0.15) is 4.57 Å². The molecule has 0 spiro atoms. The van der Waals surface area contributed by atoms with Gasteiger partial charge in [0.05, 0.1) is 10.9 Å². The summed E-state index contributed by atoms with van der Waals surface area (Å²) in [4.78, 5) is 4.49. The number of fused-ring (bicyclic) bond motifs is 5. The molecule has 2 aromatic heterocycles. The lowest BCUT2D eigenvalue weighted by Crippen LogP contribution is -2.59. The summed E-state index contributed by atoms with van der Waals surface area (Å²) in [6, 6.07) is 30.3. The Labute approximate surface area is 218 Å². The molecular weight excluding hydrogens is 471 g/mol. The monoisotopic (exact) mass is 501 g/mol. The third-order valence-electron chi connectivity index (χ3n) is 8.13.